The Hall–Kier alpha value is -2.60. The van der Waals surface area contributed by atoms with Gasteiger partial charge in [-0.2, -0.15) is 22.8 Å². The molecule has 3 rings (SSSR count). The van der Waals surface area contributed by atoms with E-state index in [9.17, 15) is 27.9 Å². The van der Waals surface area contributed by atoms with Crippen LogP contribution in [0.4, 0.5) is 23.8 Å². The third-order valence-electron chi connectivity index (χ3n) is 4.86. The van der Waals surface area contributed by atoms with Crippen LogP contribution in [0.15, 0.2) is 12.3 Å². The molecular formula is C18H21ClF3N5O4. The Kier molecular flexibility index (Phi) is 5.60. The minimum Gasteiger partial charge on any atom is -0.443 e. The van der Waals surface area contributed by atoms with Crippen molar-refractivity contribution >= 4 is 35.1 Å². The fourth-order valence-corrected chi connectivity index (χ4v) is 3.25. The minimum atomic E-state index is -4.88. The number of hydrogen-bond acceptors (Lipinski definition) is 6. The average molecular weight is 464 g/mol. The number of nitrogens with zero attached hydrogens (tertiary/aromatic N) is 4. The molecule has 0 spiro atoms. The molecule has 31 heavy (non-hydrogen) atoms. The Balaban J connectivity index is 1.91. The molecule has 0 unspecified atom stereocenters. The van der Waals surface area contributed by atoms with Crippen LogP contribution in [0.5, 0.6) is 0 Å². The maximum atomic E-state index is 13.1. The van der Waals surface area contributed by atoms with E-state index in [0.717, 1.165) is 15.6 Å². The number of nitrogens with one attached hydrogen (secondary N) is 1. The Morgan fingerprint density at radius 1 is 1.39 bits per heavy atom. The summed E-state index contributed by atoms with van der Waals surface area (Å²) in [6.45, 7) is 5.06. The van der Waals surface area contributed by atoms with E-state index in [-0.39, 0.29) is 28.6 Å². The van der Waals surface area contributed by atoms with Crippen molar-refractivity contribution in [1.82, 2.24) is 19.9 Å². The second-order valence-electron chi connectivity index (χ2n) is 8.26. The number of fused-ring (bicyclic) bond motifs is 1. The van der Waals surface area contributed by atoms with E-state index in [1.54, 1.807) is 20.8 Å². The summed E-state index contributed by atoms with van der Waals surface area (Å²) in [5.41, 5.74) is -4.00. The van der Waals surface area contributed by atoms with Crippen LogP contribution in [-0.4, -0.2) is 62.2 Å². The van der Waals surface area contributed by atoms with Crippen molar-refractivity contribution in [1.29, 1.82) is 0 Å². The largest absolute Gasteiger partial charge is 0.443 e. The summed E-state index contributed by atoms with van der Waals surface area (Å²) in [7, 11) is 1.40. The molecule has 2 heterocycles. The standard InChI is InChI=1S/C18H21ClF3N5O4/c1-16(2,3)31-15(29)26(4)12-7-11(19)25-13-9(8-23-27(12)13)14(28)24-10-5-6-17(10,30)18(20,21)22/h7-8,10,30H,5-6H2,1-4H3,(H,24,28)/t10-,17-/m0/s1. The van der Waals surface area contributed by atoms with E-state index in [0.29, 0.717) is 0 Å². The number of aromatic nitrogens is 3. The quantitative estimate of drug-likeness (QED) is 0.677. The lowest BCUT2D eigenvalue weighted by atomic mass is 9.74. The monoisotopic (exact) mass is 463 g/mol. The molecule has 0 bridgehead atoms. The second kappa shape index (κ2) is 7.52. The van der Waals surface area contributed by atoms with Gasteiger partial charge < -0.3 is 15.2 Å². The number of amides is 2. The molecule has 170 valence electrons. The van der Waals surface area contributed by atoms with Gasteiger partial charge in [-0.15, -0.1) is 0 Å². The van der Waals surface area contributed by atoms with Gasteiger partial charge in [-0.1, -0.05) is 11.6 Å². The molecule has 1 aliphatic rings. The van der Waals surface area contributed by atoms with Gasteiger partial charge in [-0.3, -0.25) is 9.69 Å². The smallest absolute Gasteiger partial charge is 0.419 e. The summed E-state index contributed by atoms with van der Waals surface area (Å²) >= 11 is 6.04. The van der Waals surface area contributed by atoms with Gasteiger partial charge in [0.05, 0.1) is 12.2 Å². The molecule has 2 aromatic rings. The van der Waals surface area contributed by atoms with E-state index in [2.05, 4.69) is 15.4 Å². The number of hydrogen-bond donors (Lipinski definition) is 2. The van der Waals surface area contributed by atoms with Crippen LogP contribution < -0.4 is 10.2 Å². The maximum absolute atomic E-state index is 13.1. The van der Waals surface area contributed by atoms with Crippen molar-refractivity contribution in [3.05, 3.63) is 23.0 Å². The zero-order valence-corrected chi connectivity index (χ0v) is 17.9. The Bertz CT molecular complexity index is 1040. The van der Waals surface area contributed by atoms with Gasteiger partial charge in [-0.05, 0) is 33.6 Å². The average Bonchev–Trinajstić information content (AvgIpc) is 3.04. The summed E-state index contributed by atoms with van der Waals surface area (Å²) in [6.07, 6.45) is -5.06. The van der Waals surface area contributed by atoms with Crippen LogP contribution in [0.3, 0.4) is 0 Å². The highest BCUT2D eigenvalue weighted by atomic mass is 35.5. The predicted molar refractivity (Wildman–Crippen MR) is 104 cm³/mol. The number of ether oxygens (including phenoxy) is 1. The first kappa shape index (κ1) is 23.1. The first-order valence-electron chi connectivity index (χ1n) is 9.25. The number of halogens is 4. The third kappa shape index (κ3) is 4.26. The second-order valence-corrected chi connectivity index (χ2v) is 8.64. The van der Waals surface area contributed by atoms with Gasteiger partial charge in [-0.25, -0.2) is 9.78 Å². The molecule has 1 fully saturated rings. The third-order valence-corrected chi connectivity index (χ3v) is 5.06. The van der Waals surface area contributed by atoms with Crippen molar-refractivity contribution in [2.24, 2.45) is 0 Å². The number of aliphatic hydroxyl groups is 1. The first-order chi connectivity index (χ1) is 14.1. The van der Waals surface area contributed by atoms with Crippen molar-refractivity contribution in [2.75, 3.05) is 11.9 Å². The van der Waals surface area contributed by atoms with E-state index in [4.69, 9.17) is 16.3 Å². The molecule has 1 saturated carbocycles. The van der Waals surface area contributed by atoms with Gasteiger partial charge in [0.15, 0.2) is 11.2 Å². The Morgan fingerprint density at radius 2 is 2.03 bits per heavy atom. The van der Waals surface area contributed by atoms with Gasteiger partial charge >= 0.3 is 12.3 Å². The summed E-state index contributed by atoms with van der Waals surface area (Å²) in [5.74, 6) is -0.790. The lowest BCUT2D eigenvalue weighted by Gasteiger charge is -2.46. The van der Waals surface area contributed by atoms with Gasteiger partial charge in [0.1, 0.15) is 22.1 Å². The lowest BCUT2D eigenvalue weighted by molar-refractivity contribution is -0.296. The van der Waals surface area contributed by atoms with Crippen molar-refractivity contribution < 1.29 is 32.6 Å². The zero-order chi connectivity index (χ0) is 23.4. The van der Waals surface area contributed by atoms with Crippen molar-refractivity contribution in [3.8, 4) is 0 Å². The summed E-state index contributed by atoms with van der Waals surface area (Å²) in [4.78, 5) is 30.1. The fourth-order valence-electron chi connectivity index (χ4n) is 3.07. The molecule has 0 aromatic carbocycles. The van der Waals surface area contributed by atoms with Crippen LogP contribution in [-0.2, 0) is 4.74 Å². The molecule has 0 saturated heterocycles. The van der Waals surface area contributed by atoms with E-state index in [1.165, 1.54) is 13.1 Å². The molecule has 2 aromatic heterocycles. The molecule has 9 nitrogen and oxygen atoms in total. The number of anilines is 1. The normalized spacial score (nSPS) is 21.5. The predicted octanol–water partition coefficient (Wildman–Crippen LogP) is 2.94. The van der Waals surface area contributed by atoms with Crippen molar-refractivity contribution in [2.45, 2.75) is 57.0 Å². The van der Waals surface area contributed by atoms with Gasteiger partial charge in [0.2, 0.25) is 0 Å². The van der Waals surface area contributed by atoms with Crippen LogP contribution in [0.25, 0.3) is 5.65 Å². The van der Waals surface area contributed by atoms with Crippen molar-refractivity contribution in [3.63, 3.8) is 0 Å². The molecule has 13 heteroatoms. The van der Waals surface area contributed by atoms with Crippen LogP contribution in [0.1, 0.15) is 44.0 Å². The van der Waals surface area contributed by atoms with Crippen LogP contribution >= 0.6 is 11.6 Å². The summed E-state index contributed by atoms with van der Waals surface area (Å²) in [5, 5.41) is 15.9. The van der Waals surface area contributed by atoms with E-state index >= 15 is 0 Å². The molecular weight excluding hydrogens is 443 g/mol. The van der Waals surface area contributed by atoms with Gasteiger partial charge in [0, 0.05) is 13.1 Å². The molecule has 2 N–H and O–H groups in total. The lowest BCUT2D eigenvalue weighted by Crippen LogP contribution is -2.67. The van der Waals surface area contributed by atoms with Crippen LogP contribution in [0, 0.1) is 0 Å². The van der Waals surface area contributed by atoms with Gasteiger partial charge in [0.25, 0.3) is 5.91 Å². The number of carbonyl (C=O) groups is 2. The molecule has 0 radical (unpaired) electrons. The number of rotatable bonds is 3. The summed E-state index contributed by atoms with van der Waals surface area (Å²) < 4.78 is 45.7. The molecule has 0 aliphatic heterocycles. The Morgan fingerprint density at radius 3 is 2.55 bits per heavy atom. The summed E-state index contributed by atoms with van der Waals surface area (Å²) in [6, 6.07) is -0.181. The van der Waals surface area contributed by atoms with E-state index in [1.807, 2.05) is 0 Å². The molecule has 2 amide bonds. The zero-order valence-electron chi connectivity index (χ0n) is 17.1. The topological polar surface area (TPSA) is 109 Å². The van der Waals surface area contributed by atoms with E-state index < -0.39 is 41.8 Å². The highest BCUT2D eigenvalue weighted by Crippen LogP contribution is 2.45. The highest BCUT2D eigenvalue weighted by molar-refractivity contribution is 6.30. The van der Waals surface area contributed by atoms with Crippen LogP contribution in [0.2, 0.25) is 5.15 Å². The SMILES string of the molecule is CN(C(=O)OC(C)(C)C)c1cc(Cl)nc2c(C(=O)N[C@H]3CC[C@@]3(O)C(F)(F)F)cnn12. The first-order valence-corrected chi connectivity index (χ1v) is 9.63. The fraction of sp³-hybridized carbons (Fsp3) is 0.556. The maximum Gasteiger partial charge on any atom is 0.419 e. The Labute approximate surface area is 180 Å². The number of carbonyl (C=O) groups excluding carboxylic acids is 2. The minimum absolute atomic E-state index is 0.0399. The highest BCUT2D eigenvalue weighted by Gasteiger charge is 2.64. The molecule has 1 aliphatic carbocycles. The molecule has 2 atom stereocenters. The number of alkyl halides is 3.